The number of sulfonamides is 1. The Bertz CT molecular complexity index is 1080. The maximum absolute atomic E-state index is 13.0. The van der Waals surface area contributed by atoms with Gasteiger partial charge in [0.2, 0.25) is 15.9 Å². The first-order valence-corrected chi connectivity index (χ1v) is 11.9. The Labute approximate surface area is 185 Å². The molecule has 0 aliphatic carbocycles. The number of anilines is 1. The van der Waals surface area contributed by atoms with Gasteiger partial charge in [0.25, 0.3) is 0 Å². The summed E-state index contributed by atoms with van der Waals surface area (Å²) in [5.74, 6) is -0.413. The van der Waals surface area contributed by atoms with Crippen LogP contribution in [0.2, 0.25) is 0 Å². The topological polar surface area (TPSA) is 75.3 Å². The molecule has 1 atom stereocenters. The number of hydrogen-bond acceptors (Lipinski definition) is 3. The summed E-state index contributed by atoms with van der Waals surface area (Å²) in [4.78, 5) is 13.1. The van der Waals surface area contributed by atoms with E-state index in [0.717, 1.165) is 22.0 Å². The van der Waals surface area contributed by atoms with E-state index in [1.54, 1.807) is 12.1 Å². The summed E-state index contributed by atoms with van der Waals surface area (Å²) in [5.41, 5.74) is 2.64. The number of carbonyl (C=O) groups is 1. The van der Waals surface area contributed by atoms with E-state index < -0.39 is 22.0 Å². The lowest BCUT2D eigenvalue weighted by Crippen LogP contribution is -2.45. The Balaban J connectivity index is 1.83. The molecule has 3 aromatic carbocycles. The van der Waals surface area contributed by atoms with Crippen LogP contribution in [0.25, 0.3) is 0 Å². The van der Waals surface area contributed by atoms with Crippen molar-refractivity contribution >= 4 is 37.5 Å². The summed E-state index contributed by atoms with van der Waals surface area (Å²) >= 11 is 3.30. The van der Waals surface area contributed by atoms with Crippen molar-refractivity contribution in [2.45, 2.75) is 30.7 Å². The molecule has 30 heavy (non-hydrogen) atoms. The molecule has 0 aromatic heterocycles. The number of benzene rings is 3. The molecule has 0 aliphatic rings. The normalized spacial score (nSPS) is 12.3. The average molecular weight is 487 g/mol. The van der Waals surface area contributed by atoms with E-state index in [2.05, 4.69) is 32.9 Å². The Morgan fingerprint density at radius 2 is 1.53 bits per heavy atom. The van der Waals surface area contributed by atoms with E-state index in [-0.39, 0.29) is 11.3 Å². The van der Waals surface area contributed by atoms with Gasteiger partial charge in [-0.05, 0) is 60.4 Å². The maximum atomic E-state index is 13.0. The molecule has 0 fully saturated rings. The van der Waals surface area contributed by atoms with Gasteiger partial charge in [0.15, 0.2) is 0 Å². The zero-order valence-electron chi connectivity index (χ0n) is 16.5. The van der Waals surface area contributed by atoms with Gasteiger partial charge in [-0.1, -0.05) is 65.3 Å². The van der Waals surface area contributed by atoms with Crippen LogP contribution in [0.15, 0.2) is 88.2 Å². The van der Waals surface area contributed by atoms with E-state index in [1.807, 2.05) is 54.6 Å². The monoisotopic (exact) mass is 486 g/mol. The molecule has 0 saturated heterocycles. The summed E-state index contributed by atoms with van der Waals surface area (Å²) in [5, 5.41) is 2.82. The summed E-state index contributed by atoms with van der Waals surface area (Å²) in [6, 6.07) is 22.2. The lowest BCUT2D eigenvalue weighted by Gasteiger charge is -2.19. The second-order valence-electron chi connectivity index (χ2n) is 6.86. The number of aryl methyl sites for hydroxylation is 1. The predicted molar refractivity (Wildman–Crippen MR) is 123 cm³/mol. The quantitative estimate of drug-likeness (QED) is 0.490. The van der Waals surface area contributed by atoms with E-state index in [1.165, 1.54) is 12.1 Å². The maximum Gasteiger partial charge on any atom is 0.242 e. The third-order valence-corrected chi connectivity index (χ3v) is 6.67. The van der Waals surface area contributed by atoms with E-state index in [0.29, 0.717) is 5.69 Å². The van der Waals surface area contributed by atoms with Crippen molar-refractivity contribution in [3.05, 3.63) is 94.5 Å². The minimum Gasteiger partial charge on any atom is -0.325 e. The summed E-state index contributed by atoms with van der Waals surface area (Å²) in [6.07, 6.45) is 1.13. The van der Waals surface area contributed by atoms with Crippen LogP contribution in [-0.2, 0) is 27.7 Å². The highest BCUT2D eigenvalue weighted by atomic mass is 79.9. The second kappa shape index (κ2) is 10.0. The third kappa shape index (κ3) is 6.01. The van der Waals surface area contributed by atoms with Gasteiger partial charge in [0, 0.05) is 10.2 Å². The molecule has 0 spiro atoms. The van der Waals surface area contributed by atoms with Gasteiger partial charge in [0.05, 0.1) is 4.90 Å². The molecule has 156 valence electrons. The molecule has 0 unspecified atom stereocenters. The van der Waals surface area contributed by atoms with Crippen LogP contribution in [0.5, 0.6) is 0 Å². The van der Waals surface area contributed by atoms with Crippen molar-refractivity contribution < 1.29 is 13.2 Å². The number of hydrogen-bond donors (Lipinski definition) is 2. The zero-order valence-corrected chi connectivity index (χ0v) is 18.9. The number of carbonyl (C=O) groups excluding carboxylic acids is 1. The van der Waals surface area contributed by atoms with Crippen LogP contribution in [0.4, 0.5) is 5.69 Å². The summed E-state index contributed by atoms with van der Waals surface area (Å²) in [7, 11) is -3.88. The van der Waals surface area contributed by atoms with Crippen LogP contribution in [0, 0.1) is 0 Å². The number of amides is 1. The highest BCUT2D eigenvalue weighted by Crippen LogP contribution is 2.17. The zero-order chi connectivity index (χ0) is 21.6. The van der Waals surface area contributed by atoms with Gasteiger partial charge >= 0.3 is 0 Å². The molecule has 5 nitrogen and oxygen atoms in total. The molecule has 0 radical (unpaired) electrons. The fourth-order valence-electron chi connectivity index (χ4n) is 2.96. The lowest BCUT2D eigenvalue weighted by molar-refractivity contribution is -0.117. The predicted octanol–water partition coefficient (Wildman–Crippen LogP) is 4.54. The second-order valence-corrected chi connectivity index (χ2v) is 9.49. The molecule has 1 amide bonds. The number of nitrogens with one attached hydrogen (secondary N) is 2. The SMILES string of the molecule is CCc1ccc(NC(=O)[C@H](Cc2ccccc2)NS(=O)(=O)c2ccc(Br)cc2)cc1. The van der Waals surface area contributed by atoms with Gasteiger partial charge in [-0.25, -0.2) is 8.42 Å². The molecule has 0 bridgehead atoms. The number of halogens is 1. The average Bonchev–Trinajstić information content (AvgIpc) is 2.74. The summed E-state index contributed by atoms with van der Waals surface area (Å²) < 4.78 is 29.1. The highest BCUT2D eigenvalue weighted by Gasteiger charge is 2.26. The van der Waals surface area contributed by atoms with E-state index >= 15 is 0 Å². The minimum atomic E-state index is -3.88. The standard InChI is InChI=1S/C23H23BrN2O3S/c1-2-17-8-12-20(13-9-17)25-23(27)22(16-18-6-4-3-5-7-18)26-30(28,29)21-14-10-19(24)11-15-21/h3-15,22,26H,2,16H2,1H3,(H,25,27)/t22-/m0/s1. The Kier molecular flexibility index (Phi) is 7.42. The largest absolute Gasteiger partial charge is 0.325 e. The van der Waals surface area contributed by atoms with Gasteiger partial charge in [-0.15, -0.1) is 0 Å². The van der Waals surface area contributed by atoms with Gasteiger partial charge in [-0.2, -0.15) is 4.72 Å². The van der Waals surface area contributed by atoms with Crippen molar-refractivity contribution in [2.24, 2.45) is 0 Å². The van der Waals surface area contributed by atoms with Gasteiger partial charge in [-0.3, -0.25) is 4.79 Å². The van der Waals surface area contributed by atoms with E-state index in [4.69, 9.17) is 0 Å². The molecule has 3 rings (SSSR count). The molecule has 3 aromatic rings. The highest BCUT2D eigenvalue weighted by molar-refractivity contribution is 9.10. The van der Waals surface area contributed by atoms with Crippen LogP contribution >= 0.6 is 15.9 Å². The van der Waals surface area contributed by atoms with Crippen molar-refractivity contribution in [1.29, 1.82) is 0 Å². The van der Waals surface area contributed by atoms with Crippen molar-refractivity contribution in [3.8, 4) is 0 Å². The van der Waals surface area contributed by atoms with Crippen LogP contribution in [-0.4, -0.2) is 20.4 Å². The Hall–Kier alpha value is -2.48. The number of rotatable bonds is 8. The fourth-order valence-corrected chi connectivity index (χ4v) is 4.42. The smallest absolute Gasteiger partial charge is 0.242 e. The molecule has 0 aliphatic heterocycles. The third-order valence-electron chi connectivity index (χ3n) is 4.65. The molecule has 0 heterocycles. The summed E-state index contributed by atoms with van der Waals surface area (Å²) in [6.45, 7) is 2.06. The first kappa shape index (κ1) is 22.2. The van der Waals surface area contributed by atoms with Crippen LogP contribution < -0.4 is 10.0 Å². The molecule has 2 N–H and O–H groups in total. The van der Waals surface area contributed by atoms with Gasteiger partial charge in [0.1, 0.15) is 6.04 Å². The first-order valence-electron chi connectivity index (χ1n) is 9.59. The lowest BCUT2D eigenvalue weighted by atomic mass is 10.1. The van der Waals surface area contributed by atoms with Crippen LogP contribution in [0.3, 0.4) is 0 Å². The van der Waals surface area contributed by atoms with E-state index in [9.17, 15) is 13.2 Å². The Morgan fingerprint density at radius 3 is 2.13 bits per heavy atom. The minimum absolute atomic E-state index is 0.101. The molecule has 0 saturated carbocycles. The van der Waals surface area contributed by atoms with Crippen molar-refractivity contribution in [2.75, 3.05) is 5.32 Å². The van der Waals surface area contributed by atoms with Crippen molar-refractivity contribution in [3.63, 3.8) is 0 Å². The molecule has 7 heteroatoms. The molecular formula is C23H23BrN2O3S. The Morgan fingerprint density at radius 1 is 0.900 bits per heavy atom. The van der Waals surface area contributed by atoms with Gasteiger partial charge < -0.3 is 5.32 Å². The van der Waals surface area contributed by atoms with Crippen LogP contribution in [0.1, 0.15) is 18.1 Å². The first-order chi connectivity index (χ1) is 14.4. The molecular weight excluding hydrogens is 464 g/mol. The fraction of sp³-hybridized carbons (Fsp3) is 0.174. The van der Waals surface area contributed by atoms with Crippen molar-refractivity contribution in [1.82, 2.24) is 4.72 Å².